The van der Waals surface area contributed by atoms with E-state index in [1.165, 1.54) is 56.9 Å². The molecule has 0 unspecified atom stereocenters. The number of likely N-dealkylation sites (N-methyl/N-ethyl adjacent to an activating group) is 1. The van der Waals surface area contributed by atoms with Gasteiger partial charge < -0.3 is 10.2 Å². The maximum Gasteiger partial charge on any atom is 0.207 e. The highest BCUT2D eigenvalue weighted by atomic mass is 19.1. The number of hydrogen-bond acceptors (Lipinski definition) is 4. The number of amides is 1. The van der Waals surface area contributed by atoms with E-state index in [2.05, 4.69) is 60.3 Å². The normalized spacial score (nSPS) is 13.4. The first-order chi connectivity index (χ1) is 18.4. The van der Waals surface area contributed by atoms with E-state index in [4.69, 9.17) is 5.26 Å². The zero-order valence-corrected chi connectivity index (χ0v) is 24.1. The maximum absolute atomic E-state index is 13.7. The fraction of sp³-hybridized carbons (Fsp3) is 0.562. The number of carbonyl (C=O) groups is 1. The average Bonchev–Trinajstić information content (AvgIpc) is 2.93. The van der Waals surface area contributed by atoms with Crippen LogP contribution in [0, 0.1) is 24.1 Å². The Bertz CT molecular complexity index is 910. The van der Waals surface area contributed by atoms with Crippen LogP contribution in [0.2, 0.25) is 0 Å². The number of halogens is 1. The fourth-order valence-electron chi connectivity index (χ4n) is 4.13. The number of rotatable bonds is 12. The van der Waals surface area contributed by atoms with E-state index in [1.807, 2.05) is 12.1 Å². The third-order valence-electron chi connectivity index (χ3n) is 6.68. The lowest BCUT2D eigenvalue weighted by molar-refractivity contribution is -0.109. The van der Waals surface area contributed by atoms with Gasteiger partial charge in [-0.15, -0.1) is 0 Å². The molecule has 2 aromatic rings. The Morgan fingerprint density at radius 2 is 1.45 bits per heavy atom. The van der Waals surface area contributed by atoms with Crippen molar-refractivity contribution in [2.24, 2.45) is 0 Å². The van der Waals surface area contributed by atoms with Gasteiger partial charge in [0.05, 0.1) is 6.07 Å². The van der Waals surface area contributed by atoms with Crippen LogP contribution in [0.25, 0.3) is 11.1 Å². The van der Waals surface area contributed by atoms with Gasteiger partial charge in [-0.1, -0.05) is 102 Å². The molecule has 0 saturated carbocycles. The molecular formula is C32H49FN4O. The highest BCUT2D eigenvalue weighted by molar-refractivity contribution is 5.64. The summed E-state index contributed by atoms with van der Waals surface area (Å²) in [5.41, 5.74) is 4.02. The first-order valence-corrected chi connectivity index (χ1v) is 14.2. The molecule has 1 aliphatic heterocycles. The van der Waals surface area contributed by atoms with E-state index in [-0.39, 0.29) is 12.4 Å². The molecule has 0 atom stereocenters. The van der Waals surface area contributed by atoms with Crippen molar-refractivity contribution in [3.63, 3.8) is 0 Å². The summed E-state index contributed by atoms with van der Waals surface area (Å²) in [4.78, 5) is 14.2. The second-order valence-electron chi connectivity index (χ2n) is 10.0. The summed E-state index contributed by atoms with van der Waals surface area (Å²) in [6.07, 6.45) is 11.9. The van der Waals surface area contributed by atoms with Crippen LogP contribution in [0.4, 0.5) is 4.39 Å². The Morgan fingerprint density at radius 1 is 0.895 bits per heavy atom. The van der Waals surface area contributed by atoms with Crippen LogP contribution in [-0.2, 0) is 11.3 Å². The molecule has 1 saturated heterocycles. The van der Waals surface area contributed by atoms with E-state index in [0.29, 0.717) is 12.0 Å². The van der Waals surface area contributed by atoms with Crippen LogP contribution >= 0.6 is 0 Å². The van der Waals surface area contributed by atoms with Gasteiger partial charge in [0.1, 0.15) is 12.4 Å². The molecule has 1 aliphatic rings. The number of piperazine rings is 1. The molecular weight excluding hydrogens is 475 g/mol. The molecule has 1 heterocycles. The predicted octanol–water partition coefficient (Wildman–Crippen LogP) is 6.95. The topological polar surface area (TPSA) is 59.4 Å². The molecule has 1 N–H and O–H groups in total. The third-order valence-corrected chi connectivity index (χ3v) is 6.68. The average molecular weight is 525 g/mol. The highest BCUT2D eigenvalue weighted by Crippen LogP contribution is 2.22. The Labute approximate surface area is 231 Å². The van der Waals surface area contributed by atoms with E-state index < -0.39 is 0 Å². The monoisotopic (exact) mass is 524 g/mol. The van der Waals surface area contributed by atoms with Gasteiger partial charge in [-0.3, -0.25) is 9.69 Å². The molecule has 5 nitrogen and oxygen atoms in total. The Morgan fingerprint density at radius 3 is 1.92 bits per heavy atom. The lowest BCUT2D eigenvalue weighted by Crippen LogP contribution is -2.43. The van der Waals surface area contributed by atoms with Crippen molar-refractivity contribution in [2.45, 2.75) is 78.7 Å². The summed E-state index contributed by atoms with van der Waals surface area (Å²) in [7, 11) is 2.17. The number of nitriles is 1. The maximum atomic E-state index is 13.7. The minimum absolute atomic E-state index is 0.101. The summed E-state index contributed by atoms with van der Waals surface area (Å²) >= 11 is 0. The van der Waals surface area contributed by atoms with Gasteiger partial charge in [0.25, 0.3) is 0 Å². The number of benzene rings is 2. The van der Waals surface area contributed by atoms with E-state index in [0.717, 1.165) is 43.9 Å². The van der Waals surface area contributed by atoms with Gasteiger partial charge >= 0.3 is 0 Å². The summed E-state index contributed by atoms with van der Waals surface area (Å²) < 4.78 is 13.7. The van der Waals surface area contributed by atoms with Crippen LogP contribution in [0.3, 0.4) is 0 Å². The smallest absolute Gasteiger partial charge is 0.207 e. The lowest BCUT2D eigenvalue weighted by Gasteiger charge is -2.32. The van der Waals surface area contributed by atoms with Crippen molar-refractivity contribution in [1.82, 2.24) is 15.1 Å². The van der Waals surface area contributed by atoms with E-state index >= 15 is 0 Å². The molecule has 1 amide bonds. The van der Waals surface area contributed by atoms with Gasteiger partial charge in [-0.25, -0.2) is 4.39 Å². The largest absolute Gasteiger partial charge is 0.346 e. The van der Waals surface area contributed by atoms with E-state index in [1.54, 1.807) is 19.1 Å². The molecule has 6 heteroatoms. The van der Waals surface area contributed by atoms with Crippen LogP contribution < -0.4 is 5.32 Å². The van der Waals surface area contributed by atoms with Crippen molar-refractivity contribution < 1.29 is 9.18 Å². The number of aryl methyl sites for hydroxylation is 1. The number of hydrogen-bond donors (Lipinski definition) is 1. The SMILES string of the molecule is CCCCCCCCCC.Cc1ccc(-c2ccc(CN3CCN(C)CC3)cc2)cc1F.N#CCNC=O. The van der Waals surface area contributed by atoms with Crippen molar-refractivity contribution >= 4 is 6.41 Å². The van der Waals surface area contributed by atoms with Gasteiger partial charge in [0.15, 0.2) is 0 Å². The molecule has 0 aromatic heterocycles. The summed E-state index contributed by atoms with van der Waals surface area (Å²) in [6.45, 7) is 12.0. The molecule has 0 spiro atoms. The zero-order chi connectivity index (χ0) is 28.0. The van der Waals surface area contributed by atoms with Gasteiger partial charge in [-0.2, -0.15) is 5.26 Å². The lowest BCUT2D eigenvalue weighted by atomic mass is 10.0. The second-order valence-corrected chi connectivity index (χ2v) is 10.0. The highest BCUT2D eigenvalue weighted by Gasteiger charge is 2.13. The van der Waals surface area contributed by atoms with Crippen molar-refractivity contribution in [2.75, 3.05) is 39.8 Å². The number of carbonyl (C=O) groups excluding carboxylic acids is 1. The van der Waals surface area contributed by atoms with Crippen LogP contribution in [0.5, 0.6) is 0 Å². The first kappa shape index (κ1) is 33.3. The van der Waals surface area contributed by atoms with Gasteiger partial charge in [-0.05, 0) is 42.3 Å². The first-order valence-electron chi connectivity index (χ1n) is 14.2. The minimum atomic E-state index is -0.140. The molecule has 0 radical (unpaired) electrons. The molecule has 0 aliphatic carbocycles. The second kappa shape index (κ2) is 21.2. The Kier molecular flexibility index (Phi) is 18.6. The zero-order valence-electron chi connectivity index (χ0n) is 24.1. The van der Waals surface area contributed by atoms with E-state index in [9.17, 15) is 9.18 Å². The Balaban J connectivity index is 0.000000376. The van der Waals surface area contributed by atoms with Crippen molar-refractivity contribution in [3.05, 3.63) is 59.4 Å². The van der Waals surface area contributed by atoms with Gasteiger partial charge in [0, 0.05) is 32.7 Å². The molecule has 38 heavy (non-hydrogen) atoms. The quantitative estimate of drug-likeness (QED) is 0.185. The molecule has 3 rings (SSSR count). The number of nitrogens with zero attached hydrogens (tertiary/aromatic N) is 3. The Hall–Kier alpha value is -2.75. The number of nitrogens with one attached hydrogen (secondary N) is 1. The third kappa shape index (κ3) is 14.9. The van der Waals surface area contributed by atoms with Crippen LogP contribution in [0.15, 0.2) is 42.5 Å². The standard InChI is InChI=1S/C19H23FN2.C10H22.C3H4N2O/c1-15-3-6-18(13-19(15)20)17-7-4-16(5-8-17)14-22-11-9-21(2)10-12-22;1-3-5-7-9-10-8-6-4-2;4-1-2-5-3-6/h3-8,13H,9-12,14H2,1-2H3;3-10H2,1-2H3;3H,2H2,(H,5,6). The minimum Gasteiger partial charge on any atom is -0.346 e. The van der Waals surface area contributed by atoms with Gasteiger partial charge in [0.2, 0.25) is 6.41 Å². The van der Waals surface area contributed by atoms with Crippen LogP contribution in [0.1, 0.15) is 76.3 Å². The number of unbranched alkanes of at least 4 members (excludes halogenated alkanes) is 7. The molecule has 1 fully saturated rings. The summed E-state index contributed by atoms with van der Waals surface area (Å²) in [5.74, 6) is -0.140. The van der Waals surface area contributed by atoms with Crippen molar-refractivity contribution in [1.29, 1.82) is 5.26 Å². The summed E-state index contributed by atoms with van der Waals surface area (Å²) in [6, 6.07) is 15.7. The van der Waals surface area contributed by atoms with Crippen LogP contribution in [-0.4, -0.2) is 56.0 Å². The molecule has 2 aromatic carbocycles. The predicted molar refractivity (Wildman–Crippen MR) is 157 cm³/mol. The summed E-state index contributed by atoms with van der Waals surface area (Å²) in [5, 5.41) is 9.88. The molecule has 0 bridgehead atoms. The fourth-order valence-corrected chi connectivity index (χ4v) is 4.13. The van der Waals surface area contributed by atoms with Crippen molar-refractivity contribution in [3.8, 4) is 17.2 Å². The molecule has 210 valence electrons.